The summed E-state index contributed by atoms with van der Waals surface area (Å²) in [5.74, 6) is 0.0720. The Kier molecular flexibility index (Phi) is 6.79. The maximum atomic E-state index is 12.5. The van der Waals surface area contributed by atoms with Crippen molar-refractivity contribution in [3.8, 4) is 5.75 Å². The summed E-state index contributed by atoms with van der Waals surface area (Å²) in [6, 6.07) is 8.43. The van der Waals surface area contributed by atoms with Gasteiger partial charge >= 0.3 is 0 Å². The van der Waals surface area contributed by atoms with Crippen LogP contribution in [0.15, 0.2) is 58.6 Å². The minimum absolute atomic E-state index is 0.177. The molecule has 0 radical (unpaired) electrons. The Morgan fingerprint density at radius 1 is 1.34 bits per heavy atom. The highest BCUT2D eigenvalue weighted by Gasteiger charge is 2.36. The monoisotopic (exact) mass is 432 g/mol. The lowest BCUT2D eigenvalue weighted by Gasteiger charge is -2.11. The van der Waals surface area contributed by atoms with E-state index >= 15 is 0 Å². The molecule has 0 unspecified atom stereocenters. The zero-order valence-electron chi connectivity index (χ0n) is 15.2. The Labute approximate surface area is 176 Å². The van der Waals surface area contributed by atoms with Crippen LogP contribution in [-0.2, 0) is 16.1 Å². The maximum Gasteiger partial charge on any atom is 0.294 e. The lowest BCUT2D eigenvalue weighted by molar-refractivity contribution is -0.129. The molecule has 0 bridgehead atoms. The fourth-order valence-corrected chi connectivity index (χ4v) is 3.54. The van der Waals surface area contributed by atoms with E-state index in [1.165, 1.54) is 6.26 Å². The van der Waals surface area contributed by atoms with E-state index in [0.29, 0.717) is 28.7 Å². The van der Waals surface area contributed by atoms with E-state index in [2.05, 4.69) is 11.9 Å². The van der Waals surface area contributed by atoms with Crippen LogP contribution in [0.3, 0.4) is 0 Å². The van der Waals surface area contributed by atoms with E-state index in [9.17, 15) is 14.4 Å². The van der Waals surface area contributed by atoms with E-state index in [1.54, 1.807) is 42.5 Å². The smallest absolute Gasteiger partial charge is 0.294 e. The number of furan rings is 1. The van der Waals surface area contributed by atoms with Crippen LogP contribution in [0.5, 0.6) is 5.75 Å². The number of amides is 3. The minimum atomic E-state index is -0.531. The molecule has 1 saturated heterocycles. The van der Waals surface area contributed by atoms with E-state index in [4.69, 9.17) is 20.8 Å². The van der Waals surface area contributed by atoms with E-state index in [-0.39, 0.29) is 18.0 Å². The van der Waals surface area contributed by atoms with Crippen molar-refractivity contribution in [1.82, 2.24) is 10.2 Å². The molecular weight excluding hydrogens is 416 g/mol. The molecule has 150 valence electrons. The Hall–Kier alpha value is -2.97. The first-order chi connectivity index (χ1) is 14.0. The topological polar surface area (TPSA) is 88.8 Å². The molecular formula is C20H17ClN2O5S. The van der Waals surface area contributed by atoms with Gasteiger partial charge in [-0.2, -0.15) is 0 Å². The zero-order chi connectivity index (χ0) is 20.8. The van der Waals surface area contributed by atoms with Crippen molar-refractivity contribution in [3.05, 3.63) is 70.5 Å². The molecule has 7 nitrogen and oxygen atoms in total. The lowest BCUT2D eigenvalue weighted by Crippen LogP contribution is -2.39. The number of rotatable bonds is 8. The van der Waals surface area contributed by atoms with Gasteiger partial charge in [-0.3, -0.25) is 19.3 Å². The number of nitrogens with one attached hydrogen (secondary N) is 1. The van der Waals surface area contributed by atoms with Gasteiger partial charge in [-0.1, -0.05) is 30.3 Å². The normalized spacial score (nSPS) is 15.1. The van der Waals surface area contributed by atoms with Gasteiger partial charge in [0.1, 0.15) is 24.7 Å². The largest absolute Gasteiger partial charge is 0.488 e. The van der Waals surface area contributed by atoms with Gasteiger partial charge in [0.25, 0.3) is 11.1 Å². The second kappa shape index (κ2) is 9.49. The molecule has 1 aromatic carbocycles. The number of benzene rings is 1. The third-order valence-electron chi connectivity index (χ3n) is 3.83. The van der Waals surface area contributed by atoms with Crippen LogP contribution in [0.2, 0.25) is 5.02 Å². The predicted octanol–water partition coefficient (Wildman–Crippen LogP) is 3.85. The molecule has 2 heterocycles. The summed E-state index contributed by atoms with van der Waals surface area (Å²) in [6.45, 7) is 3.70. The number of thioether (sulfide) groups is 1. The summed E-state index contributed by atoms with van der Waals surface area (Å²) in [5, 5.41) is 2.47. The zero-order valence-corrected chi connectivity index (χ0v) is 16.8. The molecule has 0 atom stereocenters. The highest BCUT2D eigenvalue weighted by atomic mass is 35.5. The molecule has 29 heavy (non-hydrogen) atoms. The first-order valence-electron chi connectivity index (χ1n) is 8.55. The number of nitrogens with zero attached hydrogens (tertiary/aromatic N) is 1. The van der Waals surface area contributed by atoms with Crippen molar-refractivity contribution in [1.29, 1.82) is 0 Å². The summed E-state index contributed by atoms with van der Waals surface area (Å²) in [6.07, 6.45) is 4.65. The number of carbonyl (C=O) groups excluding carboxylic acids is 3. The van der Waals surface area contributed by atoms with Gasteiger partial charge in [-0.15, -0.1) is 0 Å². The van der Waals surface area contributed by atoms with E-state index in [0.717, 1.165) is 16.7 Å². The summed E-state index contributed by atoms with van der Waals surface area (Å²) in [5.41, 5.74) is 0.633. The molecule has 1 fully saturated rings. The first kappa shape index (κ1) is 20.8. The van der Waals surface area contributed by atoms with Gasteiger partial charge in [-0.25, -0.2) is 0 Å². The van der Waals surface area contributed by atoms with Crippen LogP contribution in [-0.4, -0.2) is 35.1 Å². The van der Waals surface area contributed by atoms with Crippen LogP contribution >= 0.6 is 23.4 Å². The van der Waals surface area contributed by atoms with Crippen molar-refractivity contribution in [3.63, 3.8) is 0 Å². The van der Waals surface area contributed by atoms with Gasteiger partial charge in [0.15, 0.2) is 0 Å². The second-order valence-corrected chi connectivity index (χ2v) is 7.31. The molecule has 9 heteroatoms. The van der Waals surface area contributed by atoms with Crippen molar-refractivity contribution in [2.24, 2.45) is 0 Å². The summed E-state index contributed by atoms with van der Waals surface area (Å²) < 4.78 is 10.5. The van der Waals surface area contributed by atoms with E-state index in [1.807, 2.05) is 0 Å². The first-order valence-corrected chi connectivity index (χ1v) is 9.75. The van der Waals surface area contributed by atoms with Crippen molar-refractivity contribution in [2.75, 3.05) is 13.2 Å². The van der Waals surface area contributed by atoms with Crippen LogP contribution in [0.25, 0.3) is 6.08 Å². The average molecular weight is 433 g/mol. The number of hydrogen-bond donors (Lipinski definition) is 1. The molecule has 3 amide bonds. The fourth-order valence-electron chi connectivity index (χ4n) is 2.46. The average Bonchev–Trinajstić information content (AvgIpc) is 3.30. The van der Waals surface area contributed by atoms with Crippen molar-refractivity contribution >= 4 is 46.5 Å². The summed E-state index contributed by atoms with van der Waals surface area (Å²) in [4.78, 5) is 37.9. The van der Waals surface area contributed by atoms with Crippen LogP contribution < -0.4 is 10.1 Å². The van der Waals surface area contributed by atoms with Crippen molar-refractivity contribution < 1.29 is 23.5 Å². The maximum absolute atomic E-state index is 12.5. The molecule has 1 aromatic heterocycles. The summed E-state index contributed by atoms with van der Waals surface area (Å²) in [7, 11) is 0. The van der Waals surface area contributed by atoms with Gasteiger partial charge in [0, 0.05) is 0 Å². The van der Waals surface area contributed by atoms with Gasteiger partial charge in [0.2, 0.25) is 5.91 Å². The Morgan fingerprint density at radius 3 is 2.86 bits per heavy atom. The fraction of sp³-hybridized carbons (Fsp3) is 0.150. The number of imide groups is 1. The molecule has 1 aliphatic rings. The SMILES string of the molecule is C=CCOc1ccc(/C=C2\SC(=O)N(CC(=O)NCc3ccco3)C2=O)cc1Cl. The Morgan fingerprint density at radius 2 is 2.17 bits per heavy atom. The molecule has 1 N–H and O–H groups in total. The predicted molar refractivity (Wildman–Crippen MR) is 110 cm³/mol. The molecule has 2 aromatic rings. The van der Waals surface area contributed by atoms with Gasteiger partial charge in [-0.05, 0) is 47.7 Å². The standard InChI is InChI=1S/C20H17ClN2O5S/c1-2-7-28-16-6-5-13(9-15(16)21)10-17-19(25)23(20(26)29-17)12-18(24)22-11-14-4-3-8-27-14/h2-6,8-10H,1,7,11-12H2,(H,22,24)/b17-10-. The molecule has 0 saturated carbocycles. The Bertz CT molecular complexity index is 971. The molecule has 0 spiro atoms. The molecule has 3 rings (SSSR count). The van der Waals surface area contributed by atoms with Crippen molar-refractivity contribution in [2.45, 2.75) is 6.54 Å². The number of ether oxygens (including phenoxy) is 1. The molecule has 1 aliphatic heterocycles. The molecule has 0 aliphatic carbocycles. The third-order valence-corrected chi connectivity index (χ3v) is 5.03. The quantitative estimate of drug-likeness (QED) is 0.503. The number of hydrogen-bond acceptors (Lipinski definition) is 6. The number of halogens is 1. The number of carbonyl (C=O) groups is 3. The second-order valence-electron chi connectivity index (χ2n) is 5.91. The van der Waals surface area contributed by atoms with Gasteiger partial charge in [0.05, 0.1) is 22.7 Å². The van der Waals surface area contributed by atoms with Crippen LogP contribution in [0.1, 0.15) is 11.3 Å². The highest BCUT2D eigenvalue weighted by molar-refractivity contribution is 8.18. The van der Waals surface area contributed by atoms with Crippen LogP contribution in [0.4, 0.5) is 4.79 Å². The summed E-state index contributed by atoms with van der Waals surface area (Å²) >= 11 is 6.94. The van der Waals surface area contributed by atoms with Gasteiger partial charge < -0.3 is 14.5 Å². The minimum Gasteiger partial charge on any atom is -0.488 e. The van der Waals surface area contributed by atoms with E-state index < -0.39 is 17.1 Å². The van der Waals surface area contributed by atoms with Crippen LogP contribution in [0, 0.1) is 0 Å². The highest BCUT2D eigenvalue weighted by Crippen LogP contribution is 2.33. The third kappa shape index (κ3) is 5.30. The lowest BCUT2D eigenvalue weighted by atomic mass is 10.2. The Balaban J connectivity index is 1.64.